The Kier molecular flexibility index (Phi) is 6.45. The average molecular weight is 443 g/mol. The summed E-state index contributed by atoms with van der Waals surface area (Å²) in [5, 5.41) is 2.45. The topological polar surface area (TPSA) is 42.4 Å². The van der Waals surface area contributed by atoms with Crippen molar-refractivity contribution in [2.75, 3.05) is 26.3 Å². The van der Waals surface area contributed by atoms with Gasteiger partial charge in [0, 0.05) is 44.1 Å². The summed E-state index contributed by atoms with van der Waals surface area (Å²) in [6, 6.07) is 17.4. The maximum atomic E-state index is 14.0. The average Bonchev–Trinajstić information content (AvgIpc) is 3.09. The molecule has 0 N–H and O–H groups in total. The fourth-order valence-electron chi connectivity index (χ4n) is 5.76. The summed E-state index contributed by atoms with van der Waals surface area (Å²) in [6.45, 7) is 5.16. The summed E-state index contributed by atoms with van der Waals surface area (Å²) in [6.07, 6.45) is 9.75. The molecule has 33 heavy (non-hydrogen) atoms. The van der Waals surface area contributed by atoms with Crippen molar-refractivity contribution in [3.8, 4) is 0 Å². The number of hydrogen-bond donors (Lipinski definition) is 0. The highest BCUT2D eigenvalue weighted by molar-refractivity contribution is 5.88. The number of aryl methyl sites for hydroxylation is 1. The second-order valence-corrected chi connectivity index (χ2v) is 9.91. The van der Waals surface area contributed by atoms with Crippen LogP contribution in [0.15, 0.2) is 60.9 Å². The molecule has 1 unspecified atom stereocenters. The zero-order valence-corrected chi connectivity index (χ0v) is 19.6. The van der Waals surface area contributed by atoms with Crippen LogP contribution >= 0.6 is 0 Å². The summed E-state index contributed by atoms with van der Waals surface area (Å²) < 4.78 is 5.68. The van der Waals surface area contributed by atoms with E-state index in [4.69, 9.17) is 4.74 Å². The first-order chi connectivity index (χ1) is 16.1. The van der Waals surface area contributed by atoms with Gasteiger partial charge in [-0.25, -0.2) is 0 Å². The van der Waals surface area contributed by atoms with Crippen molar-refractivity contribution < 1.29 is 9.53 Å². The number of carbonyl (C=O) groups is 1. The van der Waals surface area contributed by atoms with Crippen LogP contribution in [-0.4, -0.2) is 42.1 Å². The van der Waals surface area contributed by atoms with Crippen molar-refractivity contribution in [1.29, 1.82) is 0 Å². The zero-order chi connectivity index (χ0) is 22.7. The Hall–Kier alpha value is -2.72. The fourth-order valence-corrected chi connectivity index (χ4v) is 5.76. The van der Waals surface area contributed by atoms with E-state index in [9.17, 15) is 4.79 Å². The van der Waals surface area contributed by atoms with Gasteiger partial charge in [-0.1, -0.05) is 48.0 Å². The number of aromatic nitrogens is 1. The standard InChI is InChI=1S/C29H34N2O2/c1-22-4-2-6-27(18-22)29(11-16-33-17-12-29)28(32)31-14-3-5-23(10-15-31)19-24-7-8-26-21-30-13-9-25(26)20-24/h2,4,6-9,13,18,20-21,23H,3,5,10-12,14-17,19H2,1H3. The Bertz CT molecular complexity index is 1120. The monoisotopic (exact) mass is 442 g/mol. The molecule has 2 fully saturated rings. The third kappa shape index (κ3) is 4.67. The molecule has 5 rings (SSSR count). The minimum Gasteiger partial charge on any atom is -0.381 e. The second kappa shape index (κ2) is 9.64. The Morgan fingerprint density at radius 2 is 1.94 bits per heavy atom. The van der Waals surface area contributed by atoms with Crippen molar-refractivity contribution in [1.82, 2.24) is 9.88 Å². The zero-order valence-electron chi connectivity index (χ0n) is 19.6. The largest absolute Gasteiger partial charge is 0.381 e. The highest BCUT2D eigenvalue weighted by Crippen LogP contribution is 2.38. The van der Waals surface area contributed by atoms with Crippen molar-refractivity contribution in [3.05, 3.63) is 77.6 Å². The summed E-state index contributed by atoms with van der Waals surface area (Å²) in [5.74, 6) is 0.932. The van der Waals surface area contributed by atoms with Gasteiger partial charge in [-0.05, 0) is 73.9 Å². The minimum absolute atomic E-state index is 0.315. The van der Waals surface area contributed by atoms with Gasteiger partial charge in [0.05, 0.1) is 5.41 Å². The van der Waals surface area contributed by atoms with E-state index in [-0.39, 0.29) is 0 Å². The summed E-state index contributed by atoms with van der Waals surface area (Å²) in [7, 11) is 0. The van der Waals surface area contributed by atoms with E-state index >= 15 is 0 Å². The number of amides is 1. The van der Waals surface area contributed by atoms with Gasteiger partial charge in [0.2, 0.25) is 5.91 Å². The number of carbonyl (C=O) groups excluding carboxylic acids is 1. The SMILES string of the molecule is Cc1cccc(C2(C(=O)N3CCCC(Cc4ccc5cnccc5c4)CC3)CCOCC2)c1. The normalized spacial score (nSPS) is 21.0. The van der Waals surface area contributed by atoms with Crippen LogP contribution in [-0.2, 0) is 21.4 Å². The van der Waals surface area contributed by atoms with Crippen molar-refractivity contribution >= 4 is 16.7 Å². The van der Waals surface area contributed by atoms with E-state index in [0.29, 0.717) is 25.0 Å². The van der Waals surface area contributed by atoms with Gasteiger partial charge in [0.15, 0.2) is 0 Å². The molecule has 172 valence electrons. The molecule has 0 spiro atoms. The number of pyridine rings is 1. The van der Waals surface area contributed by atoms with Gasteiger partial charge in [0.1, 0.15) is 0 Å². The molecular weight excluding hydrogens is 408 g/mol. The molecule has 0 aliphatic carbocycles. The second-order valence-electron chi connectivity index (χ2n) is 9.91. The van der Waals surface area contributed by atoms with Crippen LogP contribution in [0.25, 0.3) is 10.8 Å². The number of likely N-dealkylation sites (tertiary alicyclic amines) is 1. The van der Waals surface area contributed by atoms with Crippen LogP contribution in [0.5, 0.6) is 0 Å². The molecule has 4 nitrogen and oxygen atoms in total. The van der Waals surface area contributed by atoms with Gasteiger partial charge in [-0.15, -0.1) is 0 Å². The van der Waals surface area contributed by atoms with Crippen molar-refractivity contribution in [2.45, 2.75) is 50.9 Å². The van der Waals surface area contributed by atoms with Crippen molar-refractivity contribution in [2.24, 2.45) is 5.92 Å². The molecule has 2 aliphatic heterocycles. The van der Waals surface area contributed by atoms with Crippen LogP contribution in [0.3, 0.4) is 0 Å². The van der Waals surface area contributed by atoms with E-state index in [0.717, 1.165) is 45.2 Å². The van der Waals surface area contributed by atoms with Gasteiger partial charge in [-0.3, -0.25) is 9.78 Å². The van der Waals surface area contributed by atoms with E-state index < -0.39 is 5.41 Å². The Morgan fingerprint density at radius 3 is 2.79 bits per heavy atom. The lowest BCUT2D eigenvalue weighted by Gasteiger charge is -2.40. The molecule has 0 saturated carbocycles. The Morgan fingerprint density at radius 1 is 1.06 bits per heavy atom. The molecule has 4 heteroatoms. The van der Waals surface area contributed by atoms with E-state index in [1.807, 2.05) is 12.4 Å². The van der Waals surface area contributed by atoms with Gasteiger partial charge >= 0.3 is 0 Å². The first-order valence-electron chi connectivity index (χ1n) is 12.4. The molecule has 2 aliphatic rings. The quantitative estimate of drug-likeness (QED) is 0.539. The molecule has 1 amide bonds. The molecule has 2 saturated heterocycles. The molecule has 2 aromatic carbocycles. The lowest BCUT2D eigenvalue weighted by molar-refractivity contribution is -0.141. The number of fused-ring (bicyclic) bond motifs is 1. The number of nitrogens with zero attached hydrogens (tertiary/aromatic N) is 2. The number of ether oxygens (including phenoxy) is 1. The molecule has 3 aromatic rings. The smallest absolute Gasteiger partial charge is 0.233 e. The molecular formula is C29H34N2O2. The van der Waals surface area contributed by atoms with E-state index in [1.165, 1.54) is 33.9 Å². The number of benzene rings is 2. The number of rotatable bonds is 4. The molecule has 0 bridgehead atoms. The van der Waals surface area contributed by atoms with Crippen LogP contribution in [0.1, 0.15) is 48.8 Å². The van der Waals surface area contributed by atoms with Crippen LogP contribution in [0.4, 0.5) is 0 Å². The molecule has 1 atom stereocenters. The van der Waals surface area contributed by atoms with Gasteiger partial charge < -0.3 is 9.64 Å². The molecule has 1 aromatic heterocycles. The Labute approximate surface area is 197 Å². The molecule has 3 heterocycles. The first kappa shape index (κ1) is 22.1. The highest BCUT2D eigenvalue weighted by atomic mass is 16.5. The maximum Gasteiger partial charge on any atom is 0.233 e. The van der Waals surface area contributed by atoms with Crippen molar-refractivity contribution in [3.63, 3.8) is 0 Å². The minimum atomic E-state index is -0.434. The third-order valence-electron chi connectivity index (χ3n) is 7.69. The van der Waals surface area contributed by atoms with Crippen LogP contribution < -0.4 is 0 Å². The lowest BCUT2D eigenvalue weighted by atomic mass is 9.72. The van der Waals surface area contributed by atoms with Crippen LogP contribution in [0, 0.1) is 12.8 Å². The van der Waals surface area contributed by atoms with Gasteiger partial charge in [0.25, 0.3) is 0 Å². The highest BCUT2D eigenvalue weighted by Gasteiger charge is 2.44. The first-order valence-corrected chi connectivity index (χ1v) is 12.4. The van der Waals surface area contributed by atoms with Crippen LogP contribution in [0.2, 0.25) is 0 Å². The Balaban J connectivity index is 1.30. The summed E-state index contributed by atoms with van der Waals surface area (Å²) in [5.41, 5.74) is 3.34. The van der Waals surface area contributed by atoms with Gasteiger partial charge in [-0.2, -0.15) is 0 Å². The number of hydrogen-bond acceptors (Lipinski definition) is 3. The predicted molar refractivity (Wildman–Crippen MR) is 132 cm³/mol. The predicted octanol–water partition coefficient (Wildman–Crippen LogP) is 5.46. The third-order valence-corrected chi connectivity index (χ3v) is 7.69. The fraction of sp³-hybridized carbons (Fsp3) is 0.448. The lowest BCUT2D eigenvalue weighted by Crippen LogP contribution is -2.50. The van der Waals surface area contributed by atoms with E-state index in [2.05, 4.69) is 65.3 Å². The summed E-state index contributed by atoms with van der Waals surface area (Å²) in [4.78, 5) is 20.4. The maximum absolute atomic E-state index is 14.0. The van der Waals surface area contributed by atoms with E-state index in [1.54, 1.807) is 0 Å². The summed E-state index contributed by atoms with van der Waals surface area (Å²) >= 11 is 0. The molecule has 0 radical (unpaired) electrons.